The van der Waals surface area contributed by atoms with Crippen molar-refractivity contribution in [3.63, 3.8) is 0 Å². The molecule has 0 aromatic rings. The zero-order chi connectivity index (χ0) is 20.1. The summed E-state index contributed by atoms with van der Waals surface area (Å²) in [7, 11) is 0. The van der Waals surface area contributed by atoms with Gasteiger partial charge in [-0.15, -0.1) is 0 Å². The summed E-state index contributed by atoms with van der Waals surface area (Å²) in [6.45, 7) is 12.5. The number of rotatable bonds is 5. The van der Waals surface area contributed by atoms with Gasteiger partial charge in [0.15, 0.2) is 5.78 Å². The lowest BCUT2D eigenvalue weighted by Crippen LogP contribution is -2.50. The van der Waals surface area contributed by atoms with Gasteiger partial charge in [-0.05, 0) is 97.4 Å². The van der Waals surface area contributed by atoms with Gasteiger partial charge >= 0.3 is 0 Å². The van der Waals surface area contributed by atoms with Crippen LogP contribution < -0.4 is 0 Å². The Labute approximate surface area is 174 Å². The van der Waals surface area contributed by atoms with Crippen molar-refractivity contribution in [3.05, 3.63) is 11.6 Å². The van der Waals surface area contributed by atoms with E-state index in [-0.39, 0.29) is 0 Å². The van der Waals surface area contributed by atoms with E-state index in [0.717, 1.165) is 48.3 Å². The van der Waals surface area contributed by atoms with E-state index in [1.54, 1.807) is 0 Å². The second kappa shape index (κ2) is 7.59. The molecule has 0 aromatic heterocycles. The smallest absolute Gasteiger partial charge is 0.155 e. The van der Waals surface area contributed by atoms with Gasteiger partial charge in [-0.25, -0.2) is 0 Å². The summed E-state index contributed by atoms with van der Waals surface area (Å²) in [4.78, 5) is 12.0. The maximum absolute atomic E-state index is 12.0. The van der Waals surface area contributed by atoms with E-state index in [1.807, 2.05) is 0 Å². The van der Waals surface area contributed by atoms with Gasteiger partial charge in [-0.1, -0.05) is 59.5 Å². The van der Waals surface area contributed by atoms with Crippen LogP contribution in [0.25, 0.3) is 0 Å². The minimum Gasteiger partial charge on any atom is -0.295 e. The number of fused-ring (bicyclic) bond motifs is 5. The largest absolute Gasteiger partial charge is 0.295 e. The number of carbonyl (C=O) groups is 1. The Kier molecular flexibility index (Phi) is 5.60. The molecule has 7 atom stereocenters. The number of hydrogen-bond acceptors (Lipinski definition) is 1. The average molecular weight is 385 g/mol. The summed E-state index contributed by atoms with van der Waals surface area (Å²) in [6.07, 6.45) is 16.6. The molecule has 0 bridgehead atoms. The molecule has 3 fully saturated rings. The first-order valence-corrected chi connectivity index (χ1v) is 12.5. The highest BCUT2D eigenvalue weighted by atomic mass is 16.1. The van der Waals surface area contributed by atoms with Gasteiger partial charge < -0.3 is 0 Å². The molecule has 2 unspecified atom stereocenters. The number of ketones is 1. The van der Waals surface area contributed by atoms with Crippen molar-refractivity contribution in [3.8, 4) is 0 Å². The molecule has 0 aliphatic heterocycles. The quantitative estimate of drug-likeness (QED) is 0.477. The third kappa shape index (κ3) is 3.33. The first-order chi connectivity index (χ1) is 13.3. The van der Waals surface area contributed by atoms with Gasteiger partial charge in [0.25, 0.3) is 0 Å². The van der Waals surface area contributed by atoms with E-state index in [2.05, 4.69) is 40.7 Å². The van der Waals surface area contributed by atoms with Crippen molar-refractivity contribution in [2.45, 2.75) is 105 Å². The Morgan fingerprint density at radius 2 is 1.75 bits per heavy atom. The molecule has 0 spiro atoms. The summed E-state index contributed by atoms with van der Waals surface area (Å²) >= 11 is 0. The van der Waals surface area contributed by atoms with Crippen LogP contribution in [0, 0.1) is 46.3 Å². The Balaban J connectivity index is 1.49. The lowest BCUT2D eigenvalue weighted by atomic mass is 9.46. The van der Waals surface area contributed by atoms with Crippen molar-refractivity contribution in [1.82, 2.24) is 0 Å². The predicted molar refractivity (Wildman–Crippen MR) is 118 cm³/mol. The summed E-state index contributed by atoms with van der Waals surface area (Å²) in [5.74, 6) is 5.79. The highest BCUT2D eigenvalue weighted by Crippen LogP contribution is 2.67. The SMILES string of the molecule is CC(C)CCC[C@H](C)[C@H]1CCC2[C@@H]3CCC4=CC(=O)CC[C@]4(C)C3CC[C@@]21C. The van der Waals surface area contributed by atoms with Crippen LogP contribution in [0.15, 0.2) is 11.6 Å². The first kappa shape index (κ1) is 20.7. The topological polar surface area (TPSA) is 17.1 Å². The minimum absolute atomic E-state index is 0.332. The van der Waals surface area contributed by atoms with Gasteiger partial charge in [0.2, 0.25) is 0 Å². The molecule has 4 rings (SSSR count). The number of carbonyl (C=O) groups excluding carboxylic acids is 1. The summed E-state index contributed by atoms with van der Waals surface area (Å²) < 4.78 is 0. The van der Waals surface area contributed by atoms with E-state index in [4.69, 9.17) is 0 Å². The van der Waals surface area contributed by atoms with E-state index < -0.39 is 0 Å². The average Bonchev–Trinajstić information content (AvgIpc) is 2.99. The fourth-order valence-electron chi connectivity index (χ4n) is 8.58. The Hall–Kier alpha value is -0.590. The molecule has 1 heteroatoms. The lowest BCUT2D eigenvalue weighted by Gasteiger charge is -2.58. The van der Waals surface area contributed by atoms with Crippen molar-refractivity contribution in [2.24, 2.45) is 46.3 Å². The molecule has 0 heterocycles. The zero-order valence-electron chi connectivity index (χ0n) is 19.2. The second-order valence-corrected chi connectivity index (χ2v) is 12.0. The first-order valence-electron chi connectivity index (χ1n) is 12.5. The molecule has 28 heavy (non-hydrogen) atoms. The second-order valence-electron chi connectivity index (χ2n) is 12.0. The van der Waals surface area contributed by atoms with Gasteiger partial charge in [0, 0.05) is 6.42 Å². The molecule has 0 saturated heterocycles. The van der Waals surface area contributed by atoms with Crippen molar-refractivity contribution in [1.29, 1.82) is 0 Å². The molecule has 3 saturated carbocycles. The van der Waals surface area contributed by atoms with Crippen molar-refractivity contribution < 1.29 is 4.79 Å². The molecule has 0 amide bonds. The molecule has 0 N–H and O–H groups in total. The maximum Gasteiger partial charge on any atom is 0.155 e. The zero-order valence-corrected chi connectivity index (χ0v) is 19.2. The lowest BCUT2D eigenvalue weighted by molar-refractivity contribution is -0.117. The molecular formula is C27H44O. The standard InChI is InChI=1S/C27H44O/c1-18(2)7-6-8-19(3)23-11-12-24-22-10-9-20-17-21(28)13-15-26(20,4)25(22)14-16-27(23,24)5/h17-19,22-25H,6-16H2,1-5H3/t19-,22-,23+,24?,25?,26-,27+/m0/s1. The van der Waals surface area contributed by atoms with E-state index in [9.17, 15) is 4.79 Å². The third-order valence-corrected chi connectivity index (χ3v) is 10.2. The monoisotopic (exact) mass is 384 g/mol. The fraction of sp³-hybridized carbons (Fsp3) is 0.889. The highest BCUT2D eigenvalue weighted by molar-refractivity contribution is 5.91. The molecule has 1 nitrogen and oxygen atoms in total. The summed E-state index contributed by atoms with van der Waals surface area (Å²) in [5.41, 5.74) is 2.43. The van der Waals surface area contributed by atoms with Crippen LogP contribution in [0.2, 0.25) is 0 Å². The minimum atomic E-state index is 0.332. The molecule has 0 aromatic carbocycles. The highest BCUT2D eigenvalue weighted by Gasteiger charge is 2.59. The van der Waals surface area contributed by atoms with E-state index in [0.29, 0.717) is 16.6 Å². The van der Waals surface area contributed by atoms with Gasteiger partial charge in [-0.3, -0.25) is 4.79 Å². The summed E-state index contributed by atoms with van der Waals surface area (Å²) in [6, 6.07) is 0. The molecule has 0 radical (unpaired) electrons. The van der Waals surface area contributed by atoms with Gasteiger partial charge in [0.05, 0.1) is 0 Å². The molecular weight excluding hydrogens is 340 g/mol. The Morgan fingerprint density at radius 3 is 2.50 bits per heavy atom. The Morgan fingerprint density at radius 1 is 0.964 bits per heavy atom. The van der Waals surface area contributed by atoms with Crippen LogP contribution in [0.1, 0.15) is 105 Å². The van der Waals surface area contributed by atoms with Crippen LogP contribution >= 0.6 is 0 Å². The van der Waals surface area contributed by atoms with E-state index in [1.165, 1.54) is 63.4 Å². The van der Waals surface area contributed by atoms with Crippen LogP contribution in [-0.4, -0.2) is 5.78 Å². The predicted octanol–water partition coefficient (Wildman–Crippen LogP) is 7.60. The maximum atomic E-state index is 12.0. The normalized spacial score (nSPS) is 43.9. The molecule has 4 aliphatic carbocycles. The number of hydrogen-bond donors (Lipinski definition) is 0. The van der Waals surface area contributed by atoms with Gasteiger partial charge in [-0.2, -0.15) is 0 Å². The van der Waals surface area contributed by atoms with Crippen LogP contribution in [0.3, 0.4) is 0 Å². The third-order valence-electron chi connectivity index (χ3n) is 10.2. The Bertz CT molecular complexity index is 630. The fourth-order valence-corrected chi connectivity index (χ4v) is 8.58. The van der Waals surface area contributed by atoms with Crippen LogP contribution in [0.5, 0.6) is 0 Å². The molecule has 158 valence electrons. The molecule has 4 aliphatic rings. The van der Waals surface area contributed by atoms with E-state index >= 15 is 0 Å². The van der Waals surface area contributed by atoms with Crippen molar-refractivity contribution in [2.75, 3.05) is 0 Å². The summed E-state index contributed by atoms with van der Waals surface area (Å²) in [5, 5.41) is 0. The number of allylic oxidation sites excluding steroid dienone is 1. The van der Waals surface area contributed by atoms with Gasteiger partial charge in [0.1, 0.15) is 0 Å². The van der Waals surface area contributed by atoms with Crippen molar-refractivity contribution >= 4 is 5.78 Å². The van der Waals surface area contributed by atoms with Crippen LogP contribution in [-0.2, 0) is 4.79 Å². The van der Waals surface area contributed by atoms with Crippen LogP contribution in [0.4, 0.5) is 0 Å².